The largest absolute Gasteiger partial charge is 0.367 e. The highest BCUT2D eigenvalue weighted by molar-refractivity contribution is 5.03. The fourth-order valence-electron chi connectivity index (χ4n) is 3.04. The summed E-state index contributed by atoms with van der Waals surface area (Å²) in [5.74, 6) is 1.45. The van der Waals surface area contributed by atoms with E-state index in [1.807, 2.05) is 6.92 Å². The normalized spacial score (nSPS) is 22.6. The third kappa shape index (κ3) is 3.20. The highest BCUT2D eigenvalue weighted by Crippen LogP contribution is 2.38. The van der Waals surface area contributed by atoms with E-state index in [0.29, 0.717) is 25.1 Å². The molecule has 0 saturated heterocycles. The van der Waals surface area contributed by atoms with E-state index >= 15 is 0 Å². The third-order valence-corrected chi connectivity index (χ3v) is 4.33. The summed E-state index contributed by atoms with van der Waals surface area (Å²) in [6, 6.07) is 0.657. The molecule has 0 spiro atoms. The zero-order valence-corrected chi connectivity index (χ0v) is 12.4. The van der Waals surface area contributed by atoms with Gasteiger partial charge in [0.15, 0.2) is 0 Å². The van der Waals surface area contributed by atoms with Crippen LogP contribution in [0.25, 0.3) is 0 Å². The molecule has 1 aromatic heterocycles. The van der Waals surface area contributed by atoms with Crippen molar-refractivity contribution in [2.75, 3.05) is 6.61 Å². The van der Waals surface area contributed by atoms with E-state index in [-0.39, 0.29) is 5.60 Å². The van der Waals surface area contributed by atoms with E-state index in [1.165, 1.54) is 38.5 Å². The lowest BCUT2D eigenvalue weighted by atomic mass is 9.93. The van der Waals surface area contributed by atoms with Crippen molar-refractivity contribution >= 4 is 0 Å². The molecule has 2 saturated carbocycles. The van der Waals surface area contributed by atoms with Gasteiger partial charge in [-0.05, 0) is 32.6 Å². The molecule has 0 aromatic carbocycles. The molecular formula is C15H25N3O2. The van der Waals surface area contributed by atoms with Crippen LogP contribution < -0.4 is 5.32 Å². The Morgan fingerprint density at radius 2 is 2.00 bits per heavy atom. The molecule has 5 nitrogen and oxygen atoms in total. The maximum Gasteiger partial charge on any atom is 0.240 e. The number of hydrogen-bond donors (Lipinski definition) is 1. The van der Waals surface area contributed by atoms with Crippen molar-refractivity contribution in [3.8, 4) is 0 Å². The van der Waals surface area contributed by atoms with Crippen LogP contribution in [0.1, 0.15) is 70.0 Å². The lowest BCUT2D eigenvalue weighted by molar-refractivity contribution is -0.0636. The molecule has 0 amide bonds. The monoisotopic (exact) mass is 279 g/mol. The van der Waals surface area contributed by atoms with E-state index in [2.05, 4.69) is 15.5 Å². The second-order valence-electron chi connectivity index (χ2n) is 6.01. The second kappa shape index (κ2) is 6.22. The van der Waals surface area contributed by atoms with Gasteiger partial charge in [-0.3, -0.25) is 0 Å². The Balaban J connectivity index is 1.71. The lowest BCUT2D eigenvalue weighted by Crippen LogP contribution is -2.31. The Morgan fingerprint density at radius 1 is 1.25 bits per heavy atom. The van der Waals surface area contributed by atoms with Crippen molar-refractivity contribution in [1.29, 1.82) is 0 Å². The van der Waals surface area contributed by atoms with Crippen LogP contribution in [0, 0.1) is 0 Å². The van der Waals surface area contributed by atoms with Gasteiger partial charge in [-0.1, -0.05) is 30.8 Å². The highest BCUT2D eigenvalue weighted by Gasteiger charge is 2.38. The first-order valence-corrected chi connectivity index (χ1v) is 8.03. The summed E-state index contributed by atoms with van der Waals surface area (Å²) in [7, 11) is 0. The Bertz CT molecular complexity index is 421. The van der Waals surface area contributed by atoms with Crippen molar-refractivity contribution < 1.29 is 9.26 Å². The Morgan fingerprint density at radius 3 is 2.65 bits per heavy atom. The van der Waals surface area contributed by atoms with Crippen LogP contribution in [0.4, 0.5) is 0 Å². The van der Waals surface area contributed by atoms with E-state index in [1.54, 1.807) is 0 Å². The molecular weight excluding hydrogens is 254 g/mol. The van der Waals surface area contributed by atoms with Crippen LogP contribution in [0.3, 0.4) is 0 Å². The average Bonchev–Trinajstić information content (AvgIpc) is 3.21. The number of nitrogens with one attached hydrogen (secondary N) is 1. The van der Waals surface area contributed by atoms with Crippen LogP contribution in [0.5, 0.6) is 0 Å². The molecule has 20 heavy (non-hydrogen) atoms. The van der Waals surface area contributed by atoms with Crippen LogP contribution >= 0.6 is 0 Å². The van der Waals surface area contributed by atoms with Crippen molar-refractivity contribution in [2.45, 2.75) is 76.5 Å². The van der Waals surface area contributed by atoms with E-state index in [0.717, 1.165) is 18.7 Å². The molecule has 2 fully saturated rings. The summed E-state index contributed by atoms with van der Waals surface area (Å²) >= 11 is 0. The topological polar surface area (TPSA) is 60.2 Å². The SMILES string of the molecule is CCOC1(c2noc(CNC3CC3)n2)CCCCCC1. The predicted molar refractivity (Wildman–Crippen MR) is 75.2 cm³/mol. The molecule has 2 aliphatic rings. The molecule has 0 radical (unpaired) electrons. The smallest absolute Gasteiger partial charge is 0.240 e. The molecule has 1 N–H and O–H groups in total. The van der Waals surface area contributed by atoms with Crippen LogP contribution in [-0.2, 0) is 16.9 Å². The number of nitrogens with zero attached hydrogens (tertiary/aromatic N) is 2. The molecule has 0 aliphatic heterocycles. The van der Waals surface area contributed by atoms with Crippen LogP contribution in [-0.4, -0.2) is 22.8 Å². The van der Waals surface area contributed by atoms with Gasteiger partial charge in [0.2, 0.25) is 11.7 Å². The predicted octanol–water partition coefficient (Wildman–Crippen LogP) is 2.91. The molecule has 0 atom stereocenters. The number of ether oxygens (including phenoxy) is 1. The summed E-state index contributed by atoms with van der Waals surface area (Å²) in [5.41, 5.74) is -0.313. The van der Waals surface area contributed by atoms with Gasteiger partial charge in [0.1, 0.15) is 5.60 Å². The molecule has 2 aliphatic carbocycles. The highest BCUT2D eigenvalue weighted by atomic mass is 16.5. The first kappa shape index (κ1) is 14.0. The van der Waals surface area contributed by atoms with Gasteiger partial charge in [-0.2, -0.15) is 4.98 Å². The summed E-state index contributed by atoms with van der Waals surface area (Å²) in [6.45, 7) is 3.42. The van der Waals surface area contributed by atoms with Gasteiger partial charge in [0.25, 0.3) is 0 Å². The minimum atomic E-state index is -0.313. The van der Waals surface area contributed by atoms with Crippen LogP contribution in [0.2, 0.25) is 0 Å². The molecule has 112 valence electrons. The van der Waals surface area contributed by atoms with Crippen molar-refractivity contribution in [1.82, 2.24) is 15.5 Å². The number of aromatic nitrogens is 2. The van der Waals surface area contributed by atoms with Crippen LogP contribution in [0.15, 0.2) is 4.52 Å². The maximum atomic E-state index is 6.08. The van der Waals surface area contributed by atoms with Gasteiger partial charge in [0.05, 0.1) is 6.54 Å². The number of hydrogen-bond acceptors (Lipinski definition) is 5. The van der Waals surface area contributed by atoms with Crippen molar-refractivity contribution in [2.24, 2.45) is 0 Å². The summed E-state index contributed by atoms with van der Waals surface area (Å²) in [5, 5.41) is 7.63. The number of rotatable bonds is 6. The van der Waals surface area contributed by atoms with E-state index in [4.69, 9.17) is 9.26 Å². The minimum Gasteiger partial charge on any atom is -0.367 e. The Labute approximate surface area is 120 Å². The zero-order valence-electron chi connectivity index (χ0n) is 12.4. The molecule has 0 bridgehead atoms. The van der Waals surface area contributed by atoms with Crippen molar-refractivity contribution in [3.63, 3.8) is 0 Å². The quantitative estimate of drug-likeness (QED) is 0.811. The first-order valence-electron chi connectivity index (χ1n) is 8.03. The first-order chi connectivity index (χ1) is 9.82. The summed E-state index contributed by atoms with van der Waals surface area (Å²) < 4.78 is 11.5. The lowest BCUT2D eigenvalue weighted by Gasteiger charge is -2.29. The third-order valence-electron chi connectivity index (χ3n) is 4.33. The zero-order chi connectivity index (χ0) is 13.8. The fraction of sp³-hybridized carbons (Fsp3) is 0.867. The fourth-order valence-corrected chi connectivity index (χ4v) is 3.04. The van der Waals surface area contributed by atoms with Gasteiger partial charge in [-0.25, -0.2) is 0 Å². The van der Waals surface area contributed by atoms with Crippen molar-refractivity contribution in [3.05, 3.63) is 11.7 Å². The summed E-state index contributed by atoms with van der Waals surface area (Å²) in [4.78, 5) is 4.60. The minimum absolute atomic E-state index is 0.313. The van der Waals surface area contributed by atoms with E-state index in [9.17, 15) is 0 Å². The van der Waals surface area contributed by atoms with Gasteiger partial charge >= 0.3 is 0 Å². The Hall–Kier alpha value is -0.940. The van der Waals surface area contributed by atoms with Gasteiger partial charge in [0, 0.05) is 12.6 Å². The standard InChI is InChI=1S/C15H25N3O2/c1-2-19-15(9-5-3-4-6-10-15)14-17-13(20-18-14)11-16-12-7-8-12/h12,16H,2-11H2,1H3. The van der Waals surface area contributed by atoms with Gasteiger partial charge in [-0.15, -0.1) is 0 Å². The summed E-state index contributed by atoms with van der Waals surface area (Å²) in [6.07, 6.45) is 9.49. The van der Waals surface area contributed by atoms with Gasteiger partial charge < -0.3 is 14.6 Å². The second-order valence-corrected chi connectivity index (χ2v) is 6.01. The molecule has 5 heteroatoms. The maximum absolute atomic E-state index is 6.08. The molecule has 3 rings (SSSR count). The molecule has 1 heterocycles. The molecule has 1 aromatic rings. The van der Waals surface area contributed by atoms with E-state index < -0.39 is 0 Å². The average molecular weight is 279 g/mol. The Kier molecular flexibility index (Phi) is 4.36. The molecule has 0 unspecified atom stereocenters.